The number of carbonyl (C=O) groups excluding carboxylic acids is 1. The first kappa shape index (κ1) is 38.5. The quantitative estimate of drug-likeness (QED) is 0.101. The van der Waals surface area contributed by atoms with Gasteiger partial charge in [-0.3, -0.25) is 4.79 Å². The number of ether oxygens (including phenoxy) is 7. The van der Waals surface area contributed by atoms with Crippen molar-refractivity contribution in [1.82, 2.24) is 5.32 Å². The summed E-state index contributed by atoms with van der Waals surface area (Å²) in [5.74, 6) is -0.694. The number of nitrogens with one attached hydrogen (secondary N) is 1. The van der Waals surface area contributed by atoms with Gasteiger partial charge in [-0.25, -0.2) is 0 Å². The van der Waals surface area contributed by atoms with E-state index in [2.05, 4.69) is 5.32 Å². The highest BCUT2D eigenvalue weighted by Crippen LogP contribution is 2.33. The maximum absolute atomic E-state index is 11.9. The molecule has 4 saturated heterocycles. The summed E-state index contributed by atoms with van der Waals surface area (Å²) >= 11 is 0. The van der Waals surface area contributed by atoms with Crippen LogP contribution in [0.1, 0.15) is 13.8 Å². The second-order valence-electron chi connectivity index (χ2n) is 11.9. The van der Waals surface area contributed by atoms with E-state index in [0.29, 0.717) is 0 Å². The second kappa shape index (κ2) is 16.2. The third-order valence-corrected chi connectivity index (χ3v) is 8.55. The van der Waals surface area contributed by atoms with Crippen LogP contribution in [0.3, 0.4) is 0 Å². The van der Waals surface area contributed by atoms with Gasteiger partial charge in [0, 0.05) is 6.92 Å². The number of hydrogen-bond acceptors (Lipinski definition) is 20. The maximum Gasteiger partial charge on any atom is 0.217 e. The highest BCUT2D eigenvalue weighted by atomic mass is 16.8. The average molecular weight is 692 g/mol. The molecule has 0 unspecified atom stereocenters. The van der Waals surface area contributed by atoms with Gasteiger partial charge in [0.1, 0.15) is 91.5 Å². The van der Waals surface area contributed by atoms with Gasteiger partial charge in [-0.2, -0.15) is 0 Å². The SMILES string of the molecule is CC(=O)N[C@H]1[C@H](O[C@@H]2[C@@H](O)[C@@H](O)O[C@H](CO)[C@@H]2O[C@H]2O[C@H](CO[C@@H]3O[C@@H](C)[C@H](O)[C@@H](O)[C@H]3O)[C@@H](O)[C@H](O)[C@H]2O)O[C@H](CO)[C@@H](O)[C@@H]1O. The van der Waals surface area contributed by atoms with E-state index in [1.807, 2.05) is 0 Å². The Kier molecular flexibility index (Phi) is 13.2. The number of aliphatic hydroxyl groups excluding tert-OH is 12. The molecule has 0 aromatic rings. The van der Waals surface area contributed by atoms with Gasteiger partial charge in [0.25, 0.3) is 0 Å². The minimum Gasteiger partial charge on any atom is -0.394 e. The molecule has 4 rings (SSSR count). The Morgan fingerprint density at radius 2 is 1.15 bits per heavy atom. The van der Waals surface area contributed by atoms with Gasteiger partial charge in [-0.15, -0.1) is 0 Å². The molecular formula is C26H45NO20. The first-order valence-corrected chi connectivity index (χ1v) is 14.9. The van der Waals surface area contributed by atoms with E-state index in [-0.39, 0.29) is 0 Å². The Labute approximate surface area is 267 Å². The lowest BCUT2D eigenvalue weighted by atomic mass is 9.95. The Morgan fingerprint density at radius 1 is 0.596 bits per heavy atom. The third-order valence-electron chi connectivity index (χ3n) is 8.55. The van der Waals surface area contributed by atoms with Crippen LogP contribution >= 0.6 is 0 Å². The lowest BCUT2D eigenvalue weighted by molar-refractivity contribution is -0.380. The Hall–Kier alpha value is -1.29. The molecule has 4 aliphatic rings. The summed E-state index contributed by atoms with van der Waals surface area (Å²) < 4.78 is 38.8. The zero-order valence-electron chi connectivity index (χ0n) is 25.3. The van der Waals surface area contributed by atoms with Crippen LogP contribution in [0.25, 0.3) is 0 Å². The Balaban J connectivity index is 1.54. The molecule has 0 aromatic carbocycles. The molecule has 13 N–H and O–H groups in total. The molecule has 274 valence electrons. The van der Waals surface area contributed by atoms with Gasteiger partial charge < -0.3 is 99.8 Å². The standard InChI is InChI=1S/C26H45NO20/c1-6-12(31)16(35)18(37)25(42-6)41-5-10-14(33)17(36)19(38)26(45-10)46-21-9(4-29)43-23(40)20(39)22(21)47-24-11(27-7(2)30)15(34)13(32)8(3-28)44-24/h6,8-26,28-29,31-40H,3-5H2,1-2H3,(H,27,30)/t6-,8+,9+,10+,11+,12-,13+,14+,15+,16+,17-,18+,19+,20+,21-,22+,23-,24-,25+,26+/m0/s1. The predicted molar refractivity (Wildman–Crippen MR) is 144 cm³/mol. The molecule has 21 heteroatoms. The summed E-state index contributed by atoms with van der Waals surface area (Å²) in [5.41, 5.74) is 0. The zero-order valence-corrected chi connectivity index (χ0v) is 25.3. The third kappa shape index (κ3) is 8.20. The van der Waals surface area contributed by atoms with Crippen LogP contribution < -0.4 is 5.32 Å². The van der Waals surface area contributed by atoms with E-state index in [1.54, 1.807) is 0 Å². The largest absolute Gasteiger partial charge is 0.394 e. The van der Waals surface area contributed by atoms with Crippen LogP contribution in [0.5, 0.6) is 0 Å². The van der Waals surface area contributed by atoms with Crippen LogP contribution in [0, 0.1) is 0 Å². The number of aliphatic hydroxyl groups is 12. The molecule has 0 bridgehead atoms. The van der Waals surface area contributed by atoms with Crippen molar-refractivity contribution in [2.24, 2.45) is 0 Å². The molecule has 0 aliphatic carbocycles. The van der Waals surface area contributed by atoms with Gasteiger partial charge in [0.2, 0.25) is 5.91 Å². The smallest absolute Gasteiger partial charge is 0.217 e. The van der Waals surface area contributed by atoms with Crippen molar-refractivity contribution in [2.75, 3.05) is 19.8 Å². The number of rotatable bonds is 10. The van der Waals surface area contributed by atoms with Gasteiger partial charge in [0.05, 0.1) is 25.9 Å². The summed E-state index contributed by atoms with van der Waals surface area (Å²) in [6.07, 6.45) is -32.0. The van der Waals surface area contributed by atoms with Crippen LogP contribution in [0.15, 0.2) is 0 Å². The van der Waals surface area contributed by atoms with E-state index >= 15 is 0 Å². The normalized spacial score (nSPS) is 51.0. The Morgan fingerprint density at radius 3 is 1.77 bits per heavy atom. The second-order valence-corrected chi connectivity index (χ2v) is 11.9. The zero-order chi connectivity index (χ0) is 34.9. The minimum atomic E-state index is -2.01. The molecule has 0 saturated carbocycles. The van der Waals surface area contributed by atoms with E-state index in [1.165, 1.54) is 6.92 Å². The van der Waals surface area contributed by atoms with E-state index < -0.39 is 148 Å². The van der Waals surface area contributed by atoms with Crippen molar-refractivity contribution < 1.29 is 99.2 Å². The topological polar surface area (TPSA) is 336 Å². The predicted octanol–water partition coefficient (Wildman–Crippen LogP) is -8.58. The van der Waals surface area contributed by atoms with Gasteiger partial charge in [-0.1, -0.05) is 0 Å². The molecule has 47 heavy (non-hydrogen) atoms. The van der Waals surface area contributed by atoms with E-state index in [0.717, 1.165) is 6.92 Å². The summed E-state index contributed by atoms with van der Waals surface area (Å²) in [6, 6.07) is -1.50. The molecule has 21 nitrogen and oxygen atoms in total. The summed E-state index contributed by atoms with van der Waals surface area (Å²) in [5, 5.41) is 126. The van der Waals surface area contributed by atoms with Crippen molar-refractivity contribution in [1.29, 1.82) is 0 Å². The molecule has 4 fully saturated rings. The van der Waals surface area contributed by atoms with Gasteiger partial charge in [0.15, 0.2) is 25.2 Å². The van der Waals surface area contributed by atoms with E-state index in [4.69, 9.17) is 33.2 Å². The highest BCUT2D eigenvalue weighted by Gasteiger charge is 2.54. The molecule has 0 aromatic heterocycles. The molecular weight excluding hydrogens is 646 g/mol. The fourth-order valence-electron chi connectivity index (χ4n) is 5.78. The minimum absolute atomic E-state index is 0.634. The maximum atomic E-state index is 11.9. The van der Waals surface area contributed by atoms with E-state index in [9.17, 15) is 66.1 Å². The lowest BCUT2D eigenvalue weighted by Gasteiger charge is -2.49. The van der Waals surface area contributed by atoms with Gasteiger partial charge in [-0.05, 0) is 6.92 Å². The molecule has 1 amide bonds. The monoisotopic (exact) mass is 691 g/mol. The molecule has 0 spiro atoms. The number of amides is 1. The fourth-order valence-corrected chi connectivity index (χ4v) is 5.78. The highest BCUT2D eigenvalue weighted by molar-refractivity contribution is 5.73. The van der Waals surface area contributed by atoms with Crippen LogP contribution in [0.2, 0.25) is 0 Å². The van der Waals surface area contributed by atoms with Crippen LogP contribution in [-0.4, -0.2) is 210 Å². The van der Waals surface area contributed by atoms with Crippen molar-refractivity contribution >= 4 is 5.91 Å². The molecule has 4 heterocycles. The lowest BCUT2D eigenvalue weighted by Crippen LogP contribution is -2.68. The van der Waals surface area contributed by atoms with Crippen molar-refractivity contribution in [3.63, 3.8) is 0 Å². The molecule has 0 radical (unpaired) electrons. The van der Waals surface area contributed by atoms with Gasteiger partial charge >= 0.3 is 0 Å². The average Bonchev–Trinajstić information content (AvgIpc) is 3.04. The molecule has 20 atom stereocenters. The number of carbonyl (C=O) groups is 1. The number of hydrogen-bond donors (Lipinski definition) is 13. The van der Waals surface area contributed by atoms with Crippen LogP contribution in [0.4, 0.5) is 0 Å². The summed E-state index contributed by atoms with van der Waals surface area (Å²) in [4.78, 5) is 11.9. The first-order chi connectivity index (χ1) is 22.1. The Bertz CT molecular complexity index is 1010. The summed E-state index contributed by atoms with van der Waals surface area (Å²) in [7, 11) is 0. The van der Waals surface area contributed by atoms with Crippen molar-refractivity contribution in [3.05, 3.63) is 0 Å². The van der Waals surface area contributed by atoms with Crippen molar-refractivity contribution in [2.45, 2.75) is 137 Å². The fraction of sp³-hybridized carbons (Fsp3) is 0.962. The van der Waals surface area contributed by atoms with Crippen molar-refractivity contribution in [3.8, 4) is 0 Å². The first-order valence-electron chi connectivity index (χ1n) is 14.9. The van der Waals surface area contributed by atoms with Crippen LogP contribution in [-0.2, 0) is 38.0 Å². The summed E-state index contributed by atoms with van der Waals surface area (Å²) in [6.45, 7) is 0.160. The molecule has 4 aliphatic heterocycles.